The maximum atomic E-state index is 13.0. The Hall–Kier alpha value is -3.12. The van der Waals surface area contributed by atoms with Crippen LogP contribution in [0.15, 0.2) is 77.3 Å². The van der Waals surface area contributed by atoms with E-state index in [1.807, 2.05) is 35.2 Å². The molecule has 2 heterocycles. The minimum atomic E-state index is 0.0662. The average molecular weight is 561 g/mol. The van der Waals surface area contributed by atoms with Crippen LogP contribution in [0.2, 0.25) is 0 Å². The zero-order valence-electron chi connectivity index (χ0n) is 21.8. The number of hydrogen-bond donors (Lipinski definition) is 0. The van der Waals surface area contributed by atoms with Crippen LogP contribution < -0.4 is 9.64 Å². The van der Waals surface area contributed by atoms with E-state index in [0.717, 1.165) is 52.2 Å². The Morgan fingerprint density at radius 2 is 1.78 bits per heavy atom. The van der Waals surface area contributed by atoms with E-state index in [4.69, 9.17) is 9.72 Å². The summed E-state index contributed by atoms with van der Waals surface area (Å²) in [5, 5.41) is 0. The number of aryl methyl sites for hydroxylation is 1. The van der Waals surface area contributed by atoms with Gasteiger partial charge in [-0.3, -0.25) is 4.79 Å². The fraction of sp³-hybridized carbons (Fsp3) is 0.355. The predicted octanol–water partition coefficient (Wildman–Crippen LogP) is 7.48. The lowest BCUT2D eigenvalue weighted by molar-refractivity contribution is -0.117. The number of ether oxygens (including phenoxy) is 1. The fourth-order valence-corrected chi connectivity index (χ4v) is 5.42. The lowest BCUT2D eigenvalue weighted by atomic mass is 9.87. The van der Waals surface area contributed by atoms with Gasteiger partial charge in [-0.1, -0.05) is 67.0 Å². The Kier molecular flexibility index (Phi) is 7.38. The number of carbonyl (C=O) groups is 1. The van der Waals surface area contributed by atoms with Gasteiger partial charge in [-0.15, -0.1) is 0 Å². The zero-order valence-corrected chi connectivity index (χ0v) is 23.4. The minimum absolute atomic E-state index is 0.0662. The first kappa shape index (κ1) is 25.5. The largest absolute Gasteiger partial charge is 0.494 e. The predicted molar refractivity (Wildman–Crippen MR) is 153 cm³/mol. The highest BCUT2D eigenvalue weighted by Crippen LogP contribution is 2.34. The van der Waals surface area contributed by atoms with Gasteiger partial charge in [0.2, 0.25) is 5.91 Å². The number of carbonyl (C=O) groups excluding carboxylic acids is 1. The average Bonchev–Trinajstić information content (AvgIpc) is 3.44. The van der Waals surface area contributed by atoms with Crippen LogP contribution in [0.5, 0.6) is 5.75 Å². The molecule has 0 bridgehead atoms. The van der Waals surface area contributed by atoms with Crippen molar-refractivity contribution in [2.75, 3.05) is 18.1 Å². The highest BCUT2D eigenvalue weighted by molar-refractivity contribution is 9.10. The number of hydrogen-bond acceptors (Lipinski definition) is 3. The highest BCUT2D eigenvalue weighted by Gasteiger charge is 2.34. The number of aromatic nitrogens is 2. The molecule has 5 nitrogen and oxygen atoms in total. The topological polar surface area (TPSA) is 47.4 Å². The van der Waals surface area contributed by atoms with E-state index in [0.29, 0.717) is 19.6 Å². The number of fused-ring (bicyclic) bond motifs is 1. The van der Waals surface area contributed by atoms with Crippen LogP contribution >= 0.6 is 15.9 Å². The van der Waals surface area contributed by atoms with Gasteiger partial charge in [-0.05, 0) is 66.3 Å². The van der Waals surface area contributed by atoms with Gasteiger partial charge in [-0.2, -0.15) is 0 Å². The van der Waals surface area contributed by atoms with Crippen LogP contribution in [-0.2, 0) is 16.8 Å². The number of amides is 1. The Bertz CT molecular complexity index is 1390. The molecule has 0 spiro atoms. The molecule has 1 saturated heterocycles. The Morgan fingerprint density at radius 1 is 1.00 bits per heavy atom. The van der Waals surface area contributed by atoms with Crippen LogP contribution in [0.1, 0.15) is 57.3 Å². The summed E-state index contributed by atoms with van der Waals surface area (Å²) in [6.07, 6.45) is 2.40. The molecule has 37 heavy (non-hydrogen) atoms. The fourth-order valence-electron chi connectivity index (χ4n) is 5.03. The van der Waals surface area contributed by atoms with Crippen molar-refractivity contribution >= 4 is 38.6 Å². The first-order valence-electron chi connectivity index (χ1n) is 13.0. The Balaban J connectivity index is 1.25. The smallest absolute Gasteiger partial charge is 0.227 e. The lowest BCUT2D eigenvalue weighted by Gasteiger charge is -2.19. The molecular formula is C31H34BrN3O2. The molecule has 6 heteroatoms. The van der Waals surface area contributed by atoms with E-state index < -0.39 is 0 Å². The number of para-hydroxylation sites is 2. The number of nitrogens with zero attached hydrogens (tertiary/aromatic N) is 3. The van der Waals surface area contributed by atoms with Crippen LogP contribution in [0, 0.1) is 0 Å². The number of anilines is 1. The molecular weight excluding hydrogens is 526 g/mol. The molecule has 1 aliphatic rings. The van der Waals surface area contributed by atoms with Crippen molar-refractivity contribution in [2.24, 2.45) is 0 Å². The molecule has 0 saturated carbocycles. The maximum Gasteiger partial charge on any atom is 0.227 e. The van der Waals surface area contributed by atoms with Crippen LogP contribution in [0.3, 0.4) is 0 Å². The normalized spacial score (nSPS) is 16.1. The van der Waals surface area contributed by atoms with Crippen LogP contribution in [0.25, 0.3) is 11.0 Å². The van der Waals surface area contributed by atoms with Crippen molar-refractivity contribution in [2.45, 2.75) is 57.9 Å². The van der Waals surface area contributed by atoms with Crippen molar-refractivity contribution < 1.29 is 9.53 Å². The summed E-state index contributed by atoms with van der Waals surface area (Å²) in [5.74, 6) is 2.13. The molecule has 5 rings (SSSR count). The third-order valence-corrected chi connectivity index (χ3v) is 7.55. The summed E-state index contributed by atoms with van der Waals surface area (Å²) < 4.78 is 9.31. The Morgan fingerprint density at radius 3 is 2.54 bits per heavy atom. The SMILES string of the molecule is CC(C)(C)c1ccc(OCCCCn2c(C3CC(=O)N(c4cccc(Br)c4)C3)nc3ccccc32)cc1. The van der Waals surface area contributed by atoms with Crippen LogP contribution in [-0.4, -0.2) is 28.6 Å². The molecule has 0 N–H and O–H groups in total. The van der Waals surface area contributed by atoms with E-state index in [2.05, 4.69) is 83.7 Å². The minimum Gasteiger partial charge on any atom is -0.494 e. The molecule has 4 aromatic rings. The van der Waals surface area contributed by atoms with E-state index in [1.165, 1.54) is 5.56 Å². The second kappa shape index (κ2) is 10.7. The van der Waals surface area contributed by atoms with E-state index >= 15 is 0 Å². The molecule has 3 aromatic carbocycles. The second-order valence-corrected chi connectivity index (χ2v) is 11.7. The third-order valence-electron chi connectivity index (χ3n) is 7.06. The zero-order chi connectivity index (χ0) is 26.0. The van der Waals surface area contributed by atoms with Crippen molar-refractivity contribution in [3.8, 4) is 5.75 Å². The summed E-state index contributed by atoms with van der Waals surface area (Å²) >= 11 is 3.53. The van der Waals surface area contributed by atoms with Crippen molar-refractivity contribution in [3.05, 3.63) is 88.7 Å². The van der Waals surface area contributed by atoms with Gasteiger partial charge < -0.3 is 14.2 Å². The van der Waals surface area contributed by atoms with Gasteiger partial charge in [0.15, 0.2) is 0 Å². The molecule has 1 amide bonds. The summed E-state index contributed by atoms with van der Waals surface area (Å²) in [7, 11) is 0. The first-order valence-corrected chi connectivity index (χ1v) is 13.8. The Labute approximate surface area is 227 Å². The molecule has 1 fully saturated rings. The standard InChI is InChI=1S/C31H34BrN3O2/c1-31(2,3)23-13-15-26(16-14-23)37-18-7-6-17-34-28-12-5-4-11-27(28)33-30(34)22-19-29(36)35(21-22)25-10-8-9-24(32)20-25/h4-5,8-16,20,22H,6-7,17-19,21H2,1-3H3. The molecule has 0 aliphatic carbocycles. The lowest BCUT2D eigenvalue weighted by Crippen LogP contribution is -2.24. The van der Waals surface area contributed by atoms with E-state index in [-0.39, 0.29) is 17.2 Å². The van der Waals surface area contributed by atoms with Gasteiger partial charge in [-0.25, -0.2) is 4.98 Å². The van der Waals surface area contributed by atoms with E-state index in [1.54, 1.807) is 0 Å². The van der Waals surface area contributed by atoms with Crippen LogP contribution in [0.4, 0.5) is 5.69 Å². The third kappa shape index (κ3) is 5.74. The van der Waals surface area contributed by atoms with Gasteiger partial charge in [0.25, 0.3) is 0 Å². The summed E-state index contributed by atoms with van der Waals surface area (Å²) in [5.41, 5.74) is 4.49. The second-order valence-electron chi connectivity index (χ2n) is 10.8. The molecule has 1 aromatic heterocycles. The van der Waals surface area contributed by atoms with Gasteiger partial charge >= 0.3 is 0 Å². The first-order chi connectivity index (χ1) is 17.8. The highest BCUT2D eigenvalue weighted by atomic mass is 79.9. The molecule has 1 unspecified atom stereocenters. The number of imidazole rings is 1. The van der Waals surface area contributed by atoms with Gasteiger partial charge in [0.05, 0.1) is 17.6 Å². The summed E-state index contributed by atoms with van der Waals surface area (Å²) in [4.78, 5) is 19.8. The number of rotatable bonds is 8. The number of halogens is 1. The molecule has 0 radical (unpaired) electrons. The summed E-state index contributed by atoms with van der Waals surface area (Å²) in [6.45, 7) is 8.83. The van der Waals surface area contributed by atoms with Crippen molar-refractivity contribution in [1.82, 2.24) is 9.55 Å². The number of unbranched alkanes of at least 4 members (excludes halogenated alkanes) is 1. The quantitative estimate of drug-likeness (QED) is 0.210. The van der Waals surface area contributed by atoms with Crippen molar-refractivity contribution in [3.63, 3.8) is 0 Å². The maximum absolute atomic E-state index is 13.0. The molecule has 1 atom stereocenters. The van der Waals surface area contributed by atoms with Gasteiger partial charge in [0, 0.05) is 35.6 Å². The number of benzene rings is 3. The molecule has 192 valence electrons. The van der Waals surface area contributed by atoms with Crippen molar-refractivity contribution in [1.29, 1.82) is 0 Å². The van der Waals surface area contributed by atoms with Gasteiger partial charge in [0.1, 0.15) is 11.6 Å². The summed E-state index contributed by atoms with van der Waals surface area (Å²) in [6, 6.07) is 24.6. The van der Waals surface area contributed by atoms with E-state index in [9.17, 15) is 4.79 Å². The monoisotopic (exact) mass is 559 g/mol. The molecule has 1 aliphatic heterocycles.